The van der Waals surface area contributed by atoms with Crippen LogP contribution in [-0.2, 0) is 9.59 Å². The number of carbonyl (C=O) groups is 2. The molecule has 35 heavy (non-hydrogen) atoms. The lowest BCUT2D eigenvalue weighted by atomic mass is 10.2. The lowest BCUT2D eigenvalue weighted by Crippen LogP contribution is -2.32. The van der Waals surface area contributed by atoms with Crippen LogP contribution in [-0.4, -0.2) is 44.2 Å². The topological polar surface area (TPSA) is 108 Å². The van der Waals surface area contributed by atoms with Gasteiger partial charge in [0, 0.05) is 24.3 Å². The number of nitrogens with one attached hydrogen (secondary N) is 1. The Morgan fingerprint density at radius 3 is 1.97 bits per heavy atom. The van der Waals surface area contributed by atoms with Crippen molar-refractivity contribution in [3.8, 4) is 23.0 Å². The summed E-state index contributed by atoms with van der Waals surface area (Å²) in [7, 11) is 0. The van der Waals surface area contributed by atoms with Crippen LogP contribution in [0.15, 0.2) is 34.5 Å². The van der Waals surface area contributed by atoms with E-state index < -0.39 is 17.7 Å². The Hall–Kier alpha value is -3.04. The Kier molecular flexibility index (Phi) is 11.1. The minimum Gasteiger partial charge on any atom is -0.494 e. The number of anilines is 1. The van der Waals surface area contributed by atoms with E-state index in [2.05, 4.69) is 15.5 Å². The quantitative estimate of drug-likeness (QED) is 0.244. The first-order chi connectivity index (χ1) is 16.7. The molecule has 0 saturated carbocycles. The number of benzene rings is 2. The molecule has 1 amide bonds. The predicted molar refractivity (Wildman–Crippen MR) is 135 cm³/mol. The van der Waals surface area contributed by atoms with Gasteiger partial charge in [0.15, 0.2) is 11.5 Å². The molecule has 0 aliphatic carbocycles. The zero-order chi connectivity index (χ0) is 26.0. The largest absolute Gasteiger partial charge is 0.494 e. The van der Waals surface area contributed by atoms with Crippen LogP contribution >= 0.6 is 23.2 Å². The van der Waals surface area contributed by atoms with E-state index in [1.165, 1.54) is 6.92 Å². The van der Waals surface area contributed by atoms with Crippen LogP contribution in [0.3, 0.4) is 0 Å². The summed E-state index contributed by atoms with van der Waals surface area (Å²) < 4.78 is 22.1. The lowest BCUT2D eigenvalue weighted by molar-refractivity contribution is -0.126. The van der Waals surface area contributed by atoms with Crippen molar-refractivity contribution in [2.45, 2.75) is 40.7 Å². The van der Waals surface area contributed by atoms with Crippen LogP contribution in [0.2, 0.25) is 10.0 Å². The van der Waals surface area contributed by atoms with E-state index >= 15 is 0 Å². The van der Waals surface area contributed by atoms with E-state index in [9.17, 15) is 9.59 Å². The van der Waals surface area contributed by atoms with Gasteiger partial charge in [-0.3, -0.25) is 9.59 Å². The van der Waals surface area contributed by atoms with E-state index in [0.29, 0.717) is 54.4 Å². The van der Waals surface area contributed by atoms with Crippen LogP contribution in [0.1, 0.15) is 34.6 Å². The molecular weight excluding hydrogens is 497 g/mol. The van der Waals surface area contributed by atoms with Gasteiger partial charge < -0.3 is 24.3 Å². The molecule has 1 atom stereocenters. The van der Waals surface area contributed by atoms with Gasteiger partial charge in [-0.15, -0.1) is 0 Å². The number of nitrogens with zero attached hydrogens (tertiary/aromatic N) is 2. The molecule has 0 heterocycles. The van der Waals surface area contributed by atoms with Crippen LogP contribution in [0.5, 0.6) is 23.0 Å². The molecule has 2 rings (SSSR count). The summed E-state index contributed by atoms with van der Waals surface area (Å²) in [6, 6.07) is 4.81. The van der Waals surface area contributed by atoms with E-state index in [-0.39, 0.29) is 16.5 Å². The highest BCUT2D eigenvalue weighted by molar-refractivity contribution is 6.33. The smallest absolute Gasteiger partial charge is 0.258 e. The number of Topliss-reactive ketones (excluding diaryl/α,β-unsaturated/α-hetero) is 1. The van der Waals surface area contributed by atoms with Gasteiger partial charge in [-0.1, -0.05) is 23.2 Å². The van der Waals surface area contributed by atoms with Crippen molar-refractivity contribution < 1.29 is 28.5 Å². The van der Waals surface area contributed by atoms with Gasteiger partial charge >= 0.3 is 0 Å². The minimum atomic E-state index is -1.43. The monoisotopic (exact) mass is 525 g/mol. The number of carbonyl (C=O) groups excluding carboxylic acids is 2. The Morgan fingerprint density at radius 1 is 0.886 bits per heavy atom. The standard InChI is InChI=1S/C24H29Cl2N3O6/c1-6-32-16-12-17(25)23(35-9-4)18(13-16)27-24(31)22(14(5)30)29-28-15-10-19(33-7-2)21(26)20(11-15)34-8-3/h10-13,22H,6-9H2,1-5H3,(H,27,31). The van der Waals surface area contributed by atoms with Gasteiger partial charge in [0.25, 0.3) is 5.91 Å². The fraction of sp³-hybridized carbons (Fsp3) is 0.417. The van der Waals surface area contributed by atoms with Crippen molar-refractivity contribution in [2.75, 3.05) is 31.7 Å². The summed E-state index contributed by atoms with van der Waals surface area (Å²) in [5.41, 5.74) is 0.551. The van der Waals surface area contributed by atoms with Crippen molar-refractivity contribution in [1.29, 1.82) is 0 Å². The van der Waals surface area contributed by atoms with Crippen LogP contribution in [0, 0.1) is 0 Å². The normalized spacial score (nSPS) is 11.7. The van der Waals surface area contributed by atoms with Gasteiger partial charge in [0.2, 0.25) is 6.04 Å². The summed E-state index contributed by atoms with van der Waals surface area (Å²) >= 11 is 12.6. The van der Waals surface area contributed by atoms with Crippen molar-refractivity contribution in [3.63, 3.8) is 0 Å². The molecule has 11 heteroatoms. The number of hydrogen-bond donors (Lipinski definition) is 1. The number of rotatable bonds is 13. The van der Waals surface area contributed by atoms with Crippen molar-refractivity contribution in [3.05, 3.63) is 34.3 Å². The number of azo groups is 1. The summed E-state index contributed by atoms with van der Waals surface area (Å²) in [5, 5.41) is 11.3. The van der Waals surface area contributed by atoms with Crippen molar-refractivity contribution in [1.82, 2.24) is 0 Å². The van der Waals surface area contributed by atoms with Gasteiger partial charge in [0.05, 0.1) is 42.8 Å². The highest BCUT2D eigenvalue weighted by Gasteiger charge is 2.25. The SMILES string of the molecule is CCOc1cc(Cl)c(OCC)c(NC(=O)C(N=Nc2cc(OCC)c(Cl)c(OCC)c2)C(C)=O)c1. The maximum Gasteiger partial charge on any atom is 0.258 e. The second-order valence-corrected chi connectivity index (χ2v) is 7.77. The van der Waals surface area contributed by atoms with Crippen LogP contribution in [0.4, 0.5) is 11.4 Å². The Bertz CT molecular complexity index is 1050. The number of amides is 1. The number of halogens is 2. The maximum atomic E-state index is 13.0. The maximum absolute atomic E-state index is 13.0. The van der Waals surface area contributed by atoms with Crippen LogP contribution < -0.4 is 24.3 Å². The molecule has 1 unspecified atom stereocenters. The van der Waals surface area contributed by atoms with E-state index in [1.54, 1.807) is 31.2 Å². The fourth-order valence-electron chi connectivity index (χ4n) is 2.98. The van der Waals surface area contributed by atoms with Gasteiger partial charge in [-0.2, -0.15) is 10.2 Å². The summed E-state index contributed by atoms with van der Waals surface area (Å²) in [6.45, 7) is 9.92. The second kappa shape index (κ2) is 13.7. The predicted octanol–water partition coefficient (Wildman–Crippen LogP) is 6.27. The number of ether oxygens (including phenoxy) is 4. The van der Waals surface area contributed by atoms with Gasteiger partial charge in [0.1, 0.15) is 22.3 Å². The summed E-state index contributed by atoms with van der Waals surface area (Å²) in [6.07, 6.45) is 0. The molecule has 0 aliphatic rings. The molecule has 0 fully saturated rings. The fourth-order valence-corrected chi connectivity index (χ4v) is 3.47. The van der Waals surface area contributed by atoms with E-state index in [1.807, 2.05) is 20.8 Å². The van der Waals surface area contributed by atoms with E-state index in [0.717, 1.165) is 0 Å². The second-order valence-electron chi connectivity index (χ2n) is 6.99. The Morgan fingerprint density at radius 2 is 1.46 bits per heavy atom. The zero-order valence-corrected chi connectivity index (χ0v) is 21.8. The first kappa shape index (κ1) is 28.2. The molecule has 9 nitrogen and oxygen atoms in total. The first-order valence-electron chi connectivity index (χ1n) is 11.2. The Balaban J connectivity index is 2.37. The zero-order valence-electron chi connectivity index (χ0n) is 20.3. The van der Waals surface area contributed by atoms with Crippen molar-refractivity contribution in [2.24, 2.45) is 10.2 Å². The third-order valence-corrected chi connectivity index (χ3v) is 5.04. The van der Waals surface area contributed by atoms with Crippen molar-refractivity contribution >= 4 is 46.3 Å². The molecule has 2 aromatic rings. The molecule has 190 valence electrons. The average Bonchev–Trinajstić information content (AvgIpc) is 2.79. The molecular formula is C24H29Cl2N3O6. The third-order valence-electron chi connectivity index (χ3n) is 4.39. The number of ketones is 1. The first-order valence-corrected chi connectivity index (χ1v) is 11.9. The molecule has 0 spiro atoms. The summed E-state index contributed by atoms with van der Waals surface area (Å²) in [5.74, 6) is 0.162. The van der Waals surface area contributed by atoms with E-state index in [4.69, 9.17) is 42.1 Å². The van der Waals surface area contributed by atoms with Gasteiger partial charge in [-0.25, -0.2) is 0 Å². The highest BCUT2D eigenvalue weighted by Crippen LogP contribution is 2.39. The van der Waals surface area contributed by atoms with Crippen LogP contribution in [0.25, 0.3) is 0 Å². The molecule has 0 bridgehead atoms. The highest BCUT2D eigenvalue weighted by atomic mass is 35.5. The lowest BCUT2D eigenvalue weighted by Gasteiger charge is -2.16. The average molecular weight is 526 g/mol. The molecule has 2 aromatic carbocycles. The molecule has 1 N–H and O–H groups in total. The third kappa shape index (κ3) is 7.73. The van der Waals surface area contributed by atoms with Gasteiger partial charge in [-0.05, 0) is 34.6 Å². The number of hydrogen-bond acceptors (Lipinski definition) is 8. The molecule has 0 saturated heterocycles. The molecule has 0 aliphatic heterocycles. The molecule has 0 radical (unpaired) electrons. The Labute approximate surface area is 214 Å². The molecule has 0 aromatic heterocycles. The summed E-state index contributed by atoms with van der Waals surface area (Å²) in [4.78, 5) is 25.3. The minimum absolute atomic E-state index is 0.248.